The fourth-order valence-electron chi connectivity index (χ4n) is 2.58. The van der Waals surface area contributed by atoms with E-state index >= 15 is 0 Å². The van der Waals surface area contributed by atoms with Crippen LogP contribution in [0.4, 0.5) is 8.78 Å². The van der Waals surface area contributed by atoms with Gasteiger partial charge in [-0.1, -0.05) is 0 Å². The van der Waals surface area contributed by atoms with E-state index < -0.39 is 0 Å². The van der Waals surface area contributed by atoms with E-state index in [1.54, 1.807) is 36.5 Å². The third kappa shape index (κ3) is 2.36. The van der Waals surface area contributed by atoms with Crippen LogP contribution in [0.3, 0.4) is 0 Å². The Labute approximate surface area is 130 Å². The molecule has 0 saturated heterocycles. The van der Waals surface area contributed by atoms with Gasteiger partial charge in [-0.15, -0.1) is 0 Å². The van der Waals surface area contributed by atoms with Crippen LogP contribution in [0.25, 0.3) is 28.3 Å². The summed E-state index contributed by atoms with van der Waals surface area (Å²) in [7, 11) is 0. The van der Waals surface area contributed by atoms with Gasteiger partial charge in [0.15, 0.2) is 0 Å². The van der Waals surface area contributed by atoms with Crippen molar-refractivity contribution in [3.63, 3.8) is 0 Å². The Hall–Kier alpha value is -3.08. The second kappa shape index (κ2) is 5.28. The minimum atomic E-state index is -0.307. The van der Waals surface area contributed by atoms with Crippen molar-refractivity contribution in [2.45, 2.75) is 0 Å². The van der Waals surface area contributed by atoms with Gasteiger partial charge in [0.25, 0.3) is 0 Å². The highest BCUT2D eigenvalue weighted by Crippen LogP contribution is 2.32. The molecule has 2 heterocycles. The van der Waals surface area contributed by atoms with E-state index in [0.717, 1.165) is 16.8 Å². The van der Waals surface area contributed by atoms with E-state index in [2.05, 4.69) is 9.97 Å². The summed E-state index contributed by atoms with van der Waals surface area (Å²) in [6.07, 6.45) is 3.51. The Bertz CT molecular complexity index is 974. The van der Waals surface area contributed by atoms with Crippen molar-refractivity contribution in [2.24, 2.45) is 0 Å². The molecule has 0 aliphatic rings. The van der Waals surface area contributed by atoms with E-state index in [-0.39, 0.29) is 11.6 Å². The molecular formula is C18H11F2N3. The zero-order valence-corrected chi connectivity index (χ0v) is 11.9. The molecule has 2 aromatic heterocycles. The third-order valence-electron chi connectivity index (χ3n) is 3.64. The predicted molar refractivity (Wildman–Crippen MR) is 83.8 cm³/mol. The molecule has 0 aliphatic heterocycles. The molecule has 0 spiro atoms. The number of aromatic nitrogens is 3. The van der Waals surface area contributed by atoms with Crippen LogP contribution >= 0.6 is 0 Å². The van der Waals surface area contributed by atoms with Gasteiger partial charge in [-0.3, -0.25) is 4.40 Å². The molecule has 0 atom stereocenters. The normalized spacial score (nSPS) is 11.0. The van der Waals surface area contributed by atoms with Gasteiger partial charge in [-0.2, -0.15) is 0 Å². The molecule has 4 aromatic rings. The van der Waals surface area contributed by atoms with Crippen LogP contribution in [0.2, 0.25) is 0 Å². The SMILES string of the molecule is Fc1ccc(-c2nc3ncccn3c2-c2ccc(F)cc2)cc1. The summed E-state index contributed by atoms with van der Waals surface area (Å²) in [5.41, 5.74) is 3.05. The fraction of sp³-hybridized carbons (Fsp3) is 0. The first-order valence-corrected chi connectivity index (χ1v) is 7.07. The fourth-order valence-corrected chi connectivity index (χ4v) is 2.58. The quantitative estimate of drug-likeness (QED) is 0.551. The van der Waals surface area contributed by atoms with Gasteiger partial charge in [0, 0.05) is 23.5 Å². The second-order valence-electron chi connectivity index (χ2n) is 5.11. The summed E-state index contributed by atoms with van der Waals surface area (Å²) in [4.78, 5) is 8.80. The van der Waals surface area contributed by atoms with Crippen molar-refractivity contribution >= 4 is 5.78 Å². The van der Waals surface area contributed by atoms with Crippen LogP contribution in [0.1, 0.15) is 0 Å². The third-order valence-corrected chi connectivity index (χ3v) is 3.64. The minimum Gasteiger partial charge on any atom is -0.283 e. The first-order valence-electron chi connectivity index (χ1n) is 7.07. The lowest BCUT2D eigenvalue weighted by atomic mass is 10.0. The van der Waals surface area contributed by atoms with Crippen molar-refractivity contribution < 1.29 is 8.78 Å². The van der Waals surface area contributed by atoms with Gasteiger partial charge in [-0.25, -0.2) is 18.7 Å². The highest BCUT2D eigenvalue weighted by Gasteiger charge is 2.16. The van der Waals surface area contributed by atoms with Gasteiger partial charge < -0.3 is 0 Å². The Morgan fingerprint density at radius 1 is 0.783 bits per heavy atom. The van der Waals surface area contributed by atoms with E-state index in [4.69, 9.17) is 0 Å². The topological polar surface area (TPSA) is 30.2 Å². The Morgan fingerprint density at radius 2 is 1.39 bits per heavy atom. The number of nitrogens with zero attached hydrogens (tertiary/aromatic N) is 3. The van der Waals surface area contributed by atoms with E-state index in [0.29, 0.717) is 11.5 Å². The van der Waals surface area contributed by atoms with Crippen LogP contribution in [0.15, 0.2) is 67.0 Å². The van der Waals surface area contributed by atoms with Crippen molar-refractivity contribution in [3.05, 3.63) is 78.6 Å². The van der Waals surface area contributed by atoms with Crippen molar-refractivity contribution in [1.29, 1.82) is 0 Å². The average molecular weight is 307 g/mol. The van der Waals surface area contributed by atoms with Crippen LogP contribution < -0.4 is 0 Å². The molecule has 0 aliphatic carbocycles. The lowest BCUT2D eigenvalue weighted by Crippen LogP contribution is -1.91. The molecule has 0 radical (unpaired) electrons. The summed E-state index contributed by atoms with van der Waals surface area (Å²) in [5.74, 6) is -0.0749. The Balaban J connectivity index is 2.01. The maximum atomic E-state index is 13.2. The lowest BCUT2D eigenvalue weighted by molar-refractivity contribution is 0.627. The largest absolute Gasteiger partial charge is 0.283 e. The molecule has 0 amide bonds. The van der Waals surface area contributed by atoms with Crippen molar-refractivity contribution in [1.82, 2.24) is 14.4 Å². The molecule has 4 rings (SSSR count). The van der Waals surface area contributed by atoms with Gasteiger partial charge in [0.1, 0.15) is 11.6 Å². The summed E-state index contributed by atoms with van der Waals surface area (Å²) >= 11 is 0. The van der Waals surface area contributed by atoms with Gasteiger partial charge >= 0.3 is 0 Å². The first-order chi connectivity index (χ1) is 11.2. The molecule has 5 heteroatoms. The molecule has 0 saturated carbocycles. The molecule has 0 fully saturated rings. The molecule has 112 valence electrons. The average Bonchev–Trinajstić information content (AvgIpc) is 2.96. The van der Waals surface area contributed by atoms with Crippen LogP contribution in [0, 0.1) is 11.6 Å². The molecule has 0 unspecified atom stereocenters. The predicted octanol–water partition coefficient (Wildman–Crippen LogP) is 4.34. The van der Waals surface area contributed by atoms with Gasteiger partial charge in [0.2, 0.25) is 5.78 Å². The molecule has 0 bridgehead atoms. The van der Waals surface area contributed by atoms with E-state index in [1.807, 2.05) is 10.6 Å². The van der Waals surface area contributed by atoms with Gasteiger partial charge in [-0.05, 0) is 54.6 Å². The summed E-state index contributed by atoms with van der Waals surface area (Å²) in [5, 5.41) is 0. The Kier molecular flexibility index (Phi) is 3.12. The maximum Gasteiger partial charge on any atom is 0.234 e. The van der Waals surface area contributed by atoms with E-state index in [1.165, 1.54) is 24.3 Å². The minimum absolute atomic E-state index is 0.302. The second-order valence-corrected chi connectivity index (χ2v) is 5.11. The molecule has 2 aromatic carbocycles. The summed E-state index contributed by atoms with van der Waals surface area (Å²) in [6.45, 7) is 0. The maximum absolute atomic E-state index is 13.2. The van der Waals surface area contributed by atoms with Crippen molar-refractivity contribution in [2.75, 3.05) is 0 Å². The zero-order valence-electron chi connectivity index (χ0n) is 11.9. The number of benzene rings is 2. The van der Waals surface area contributed by atoms with E-state index in [9.17, 15) is 8.78 Å². The number of halogens is 2. The zero-order chi connectivity index (χ0) is 15.8. The number of hydrogen-bond donors (Lipinski definition) is 0. The monoisotopic (exact) mass is 307 g/mol. The molecule has 0 N–H and O–H groups in total. The number of hydrogen-bond acceptors (Lipinski definition) is 2. The molecular weight excluding hydrogens is 296 g/mol. The number of imidazole rings is 1. The summed E-state index contributed by atoms with van der Waals surface area (Å²) in [6, 6.07) is 14.1. The van der Waals surface area contributed by atoms with Gasteiger partial charge in [0.05, 0.1) is 11.4 Å². The number of fused-ring (bicyclic) bond motifs is 1. The van der Waals surface area contributed by atoms with Crippen LogP contribution in [0.5, 0.6) is 0 Å². The highest BCUT2D eigenvalue weighted by atomic mass is 19.1. The number of rotatable bonds is 2. The standard InChI is InChI=1S/C18H11F2N3/c19-14-6-2-12(3-7-14)16-17(13-4-8-15(20)9-5-13)23-11-1-10-21-18(23)22-16/h1-11H. The Morgan fingerprint density at radius 3 is 2.04 bits per heavy atom. The first kappa shape index (κ1) is 13.6. The molecule has 3 nitrogen and oxygen atoms in total. The van der Waals surface area contributed by atoms with Crippen LogP contribution in [-0.2, 0) is 0 Å². The summed E-state index contributed by atoms with van der Waals surface area (Å²) < 4.78 is 28.3. The lowest BCUT2D eigenvalue weighted by Gasteiger charge is -2.05. The molecule has 23 heavy (non-hydrogen) atoms. The highest BCUT2D eigenvalue weighted by molar-refractivity contribution is 5.81. The van der Waals surface area contributed by atoms with Crippen LogP contribution in [-0.4, -0.2) is 14.4 Å². The smallest absolute Gasteiger partial charge is 0.234 e. The van der Waals surface area contributed by atoms with Crippen molar-refractivity contribution in [3.8, 4) is 22.5 Å².